The number of aliphatic hydroxyl groups excluding tert-OH is 3. The molecule has 0 amide bonds. The van der Waals surface area contributed by atoms with Gasteiger partial charge in [0.05, 0.1) is 6.10 Å². The van der Waals surface area contributed by atoms with Crippen molar-refractivity contribution < 1.29 is 15.3 Å². The molecular formula is C10H14O3S. The summed E-state index contributed by atoms with van der Waals surface area (Å²) in [4.78, 5) is 0.803. The highest BCUT2D eigenvalue weighted by Gasteiger charge is 2.17. The average Bonchev–Trinajstić information content (AvgIpc) is 2.18. The lowest BCUT2D eigenvalue weighted by Crippen LogP contribution is -2.19. The molecule has 0 aliphatic carbocycles. The topological polar surface area (TPSA) is 60.7 Å². The summed E-state index contributed by atoms with van der Waals surface area (Å²) in [5, 5.41) is 27.6. The molecule has 0 aromatic heterocycles. The molecule has 2 unspecified atom stereocenters. The molecule has 1 rings (SSSR count). The van der Waals surface area contributed by atoms with E-state index >= 15 is 0 Å². The molecule has 0 bridgehead atoms. The lowest BCUT2D eigenvalue weighted by molar-refractivity contribution is 0.00419. The van der Waals surface area contributed by atoms with Crippen LogP contribution in [-0.4, -0.2) is 28.0 Å². The Bertz CT molecular complexity index is 273. The third-order valence-corrected chi connectivity index (χ3v) is 2.32. The van der Waals surface area contributed by atoms with E-state index in [1.807, 2.05) is 0 Å². The normalized spacial score (nSPS) is 15.1. The molecule has 0 fully saturated rings. The Kier molecular flexibility index (Phi) is 4.41. The maximum Gasteiger partial charge on any atom is 0.105 e. The van der Waals surface area contributed by atoms with E-state index in [-0.39, 0.29) is 13.0 Å². The summed E-state index contributed by atoms with van der Waals surface area (Å²) in [6.45, 7) is -0.136. The fourth-order valence-electron chi connectivity index (χ4n) is 1.18. The summed E-state index contributed by atoms with van der Waals surface area (Å²) in [5.41, 5.74) is 0.628. The first-order chi connectivity index (χ1) is 6.65. The Balaban J connectivity index is 2.68. The quantitative estimate of drug-likeness (QED) is 0.559. The van der Waals surface area contributed by atoms with Gasteiger partial charge in [0.2, 0.25) is 0 Å². The molecule has 3 nitrogen and oxygen atoms in total. The van der Waals surface area contributed by atoms with E-state index in [1.165, 1.54) is 0 Å². The van der Waals surface area contributed by atoms with Crippen molar-refractivity contribution in [2.24, 2.45) is 0 Å². The van der Waals surface area contributed by atoms with E-state index in [2.05, 4.69) is 12.6 Å². The minimum atomic E-state index is -0.948. The zero-order valence-corrected chi connectivity index (χ0v) is 8.56. The van der Waals surface area contributed by atoms with Crippen LogP contribution in [0.1, 0.15) is 18.1 Å². The average molecular weight is 214 g/mol. The number of rotatable bonds is 4. The zero-order chi connectivity index (χ0) is 10.6. The molecule has 0 saturated carbocycles. The lowest BCUT2D eigenvalue weighted by Gasteiger charge is -2.17. The van der Waals surface area contributed by atoms with Gasteiger partial charge in [-0.2, -0.15) is 0 Å². The maximum atomic E-state index is 9.62. The van der Waals surface area contributed by atoms with Crippen LogP contribution in [0, 0.1) is 0 Å². The third-order valence-electron chi connectivity index (χ3n) is 2.02. The smallest absolute Gasteiger partial charge is 0.105 e. The second-order valence-electron chi connectivity index (χ2n) is 3.12. The number of hydrogen-bond acceptors (Lipinski definition) is 4. The van der Waals surface area contributed by atoms with Gasteiger partial charge in [-0.15, -0.1) is 12.6 Å². The van der Waals surface area contributed by atoms with Gasteiger partial charge < -0.3 is 15.3 Å². The van der Waals surface area contributed by atoms with E-state index in [0.717, 1.165) is 4.90 Å². The van der Waals surface area contributed by atoms with Gasteiger partial charge in [-0.1, -0.05) is 12.1 Å². The molecular weight excluding hydrogens is 200 g/mol. The van der Waals surface area contributed by atoms with Crippen molar-refractivity contribution in [2.75, 3.05) is 6.61 Å². The van der Waals surface area contributed by atoms with Crippen molar-refractivity contribution in [1.29, 1.82) is 0 Å². The van der Waals surface area contributed by atoms with Crippen molar-refractivity contribution in [3.63, 3.8) is 0 Å². The molecule has 78 valence electrons. The molecule has 0 aliphatic heterocycles. The summed E-state index contributed by atoms with van der Waals surface area (Å²) in [7, 11) is 0. The fraction of sp³-hybridized carbons (Fsp3) is 0.400. The SMILES string of the molecule is OCCC(O)C(O)c1ccc(S)cc1. The number of thiol groups is 1. The van der Waals surface area contributed by atoms with Gasteiger partial charge >= 0.3 is 0 Å². The van der Waals surface area contributed by atoms with Crippen molar-refractivity contribution in [3.05, 3.63) is 29.8 Å². The molecule has 0 radical (unpaired) electrons. The van der Waals surface area contributed by atoms with Gasteiger partial charge in [-0.05, 0) is 24.1 Å². The highest BCUT2D eigenvalue weighted by molar-refractivity contribution is 7.80. The van der Waals surface area contributed by atoms with Crippen LogP contribution in [-0.2, 0) is 0 Å². The first-order valence-electron chi connectivity index (χ1n) is 4.41. The van der Waals surface area contributed by atoms with E-state index < -0.39 is 12.2 Å². The molecule has 0 spiro atoms. The monoisotopic (exact) mass is 214 g/mol. The third kappa shape index (κ3) is 2.99. The molecule has 0 saturated heterocycles. The van der Waals surface area contributed by atoms with Crippen LogP contribution in [0.5, 0.6) is 0 Å². The van der Waals surface area contributed by atoms with Gasteiger partial charge in [0.15, 0.2) is 0 Å². The van der Waals surface area contributed by atoms with Crippen LogP contribution >= 0.6 is 12.6 Å². The van der Waals surface area contributed by atoms with E-state index in [9.17, 15) is 10.2 Å². The van der Waals surface area contributed by atoms with Gasteiger partial charge in [0.1, 0.15) is 6.10 Å². The summed E-state index contributed by atoms with van der Waals surface area (Å²) in [6.07, 6.45) is -1.70. The Labute approximate surface area is 88.4 Å². The minimum absolute atomic E-state index is 0.136. The molecule has 1 aromatic rings. The molecule has 4 heteroatoms. The van der Waals surface area contributed by atoms with Gasteiger partial charge in [-0.25, -0.2) is 0 Å². The van der Waals surface area contributed by atoms with E-state index in [0.29, 0.717) is 5.56 Å². The standard InChI is InChI=1S/C10H14O3S/c11-6-5-9(12)10(13)7-1-3-8(14)4-2-7/h1-4,9-14H,5-6H2. The molecule has 14 heavy (non-hydrogen) atoms. The number of hydrogen-bond donors (Lipinski definition) is 4. The van der Waals surface area contributed by atoms with Crippen molar-refractivity contribution in [2.45, 2.75) is 23.5 Å². The summed E-state index contributed by atoms with van der Waals surface area (Å²) < 4.78 is 0. The zero-order valence-electron chi connectivity index (χ0n) is 7.67. The Morgan fingerprint density at radius 2 is 1.71 bits per heavy atom. The van der Waals surface area contributed by atoms with Crippen LogP contribution in [0.4, 0.5) is 0 Å². The predicted octanol–water partition coefficient (Wildman–Crippen LogP) is 0.752. The van der Waals surface area contributed by atoms with E-state index in [4.69, 9.17) is 5.11 Å². The van der Waals surface area contributed by atoms with Gasteiger partial charge in [-0.3, -0.25) is 0 Å². The predicted molar refractivity (Wildman–Crippen MR) is 56.4 cm³/mol. The molecule has 2 atom stereocenters. The first-order valence-corrected chi connectivity index (χ1v) is 4.86. The molecule has 0 heterocycles. The molecule has 3 N–H and O–H groups in total. The fourth-order valence-corrected chi connectivity index (χ4v) is 1.33. The van der Waals surface area contributed by atoms with Crippen molar-refractivity contribution >= 4 is 12.6 Å². The summed E-state index contributed by atoms with van der Waals surface area (Å²) >= 11 is 4.11. The molecule has 0 aliphatic rings. The summed E-state index contributed by atoms with van der Waals surface area (Å²) in [6, 6.07) is 6.89. The van der Waals surface area contributed by atoms with E-state index in [1.54, 1.807) is 24.3 Å². The second-order valence-corrected chi connectivity index (χ2v) is 3.63. The van der Waals surface area contributed by atoms with Gasteiger partial charge in [0, 0.05) is 11.5 Å². The largest absolute Gasteiger partial charge is 0.396 e. The van der Waals surface area contributed by atoms with Crippen LogP contribution in [0.2, 0.25) is 0 Å². The Hall–Kier alpha value is -0.550. The Morgan fingerprint density at radius 1 is 1.14 bits per heavy atom. The molecule has 1 aromatic carbocycles. The van der Waals surface area contributed by atoms with Gasteiger partial charge in [0.25, 0.3) is 0 Å². The van der Waals surface area contributed by atoms with Crippen molar-refractivity contribution in [3.8, 4) is 0 Å². The second kappa shape index (κ2) is 5.36. The van der Waals surface area contributed by atoms with Crippen LogP contribution in [0.15, 0.2) is 29.2 Å². The first kappa shape index (κ1) is 11.5. The Morgan fingerprint density at radius 3 is 2.21 bits per heavy atom. The lowest BCUT2D eigenvalue weighted by atomic mass is 10.0. The maximum absolute atomic E-state index is 9.62. The number of aliphatic hydroxyl groups is 3. The highest BCUT2D eigenvalue weighted by Crippen LogP contribution is 2.20. The van der Waals surface area contributed by atoms with Crippen LogP contribution < -0.4 is 0 Å². The van der Waals surface area contributed by atoms with Crippen molar-refractivity contribution in [1.82, 2.24) is 0 Å². The summed E-state index contributed by atoms with van der Waals surface area (Å²) in [5.74, 6) is 0. The minimum Gasteiger partial charge on any atom is -0.396 e. The number of benzene rings is 1. The van der Waals surface area contributed by atoms with Crippen LogP contribution in [0.25, 0.3) is 0 Å². The highest BCUT2D eigenvalue weighted by atomic mass is 32.1. The van der Waals surface area contributed by atoms with Crippen LogP contribution in [0.3, 0.4) is 0 Å².